The van der Waals surface area contributed by atoms with Crippen molar-refractivity contribution in [3.8, 4) is 22.9 Å². The first-order valence-corrected chi connectivity index (χ1v) is 9.05. The van der Waals surface area contributed by atoms with Crippen LogP contribution in [0.3, 0.4) is 0 Å². The van der Waals surface area contributed by atoms with Crippen molar-refractivity contribution >= 4 is 11.6 Å². The molecule has 2 aromatic heterocycles. The summed E-state index contributed by atoms with van der Waals surface area (Å²) in [6, 6.07) is 9.66. The smallest absolute Gasteiger partial charge is 0.199 e. The van der Waals surface area contributed by atoms with Crippen LogP contribution in [0.15, 0.2) is 36.5 Å². The van der Waals surface area contributed by atoms with Gasteiger partial charge in [-0.15, -0.1) is 0 Å². The maximum Gasteiger partial charge on any atom is 0.199 e. The molecule has 136 valence electrons. The molecule has 5 nitrogen and oxygen atoms in total. The SMILES string of the molecule is COCCCn1ccc2c1CC(c1ccccc1Cl)c1c(O)[nH]c(O)c1-2. The second-order valence-corrected chi connectivity index (χ2v) is 7.01. The summed E-state index contributed by atoms with van der Waals surface area (Å²) >= 11 is 6.45. The Morgan fingerprint density at radius 2 is 2.04 bits per heavy atom. The number of nitrogens with zero attached hydrogens (tertiary/aromatic N) is 1. The summed E-state index contributed by atoms with van der Waals surface area (Å²) in [6.07, 6.45) is 3.64. The molecule has 1 atom stereocenters. The Labute approximate surface area is 156 Å². The van der Waals surface area contributed by atoms with E-state index in [-0.39, 0.29) is 17.7 Å². The molecule has 0 saturated heterocycles. The first-order valence-electron chi connectivity index (χ1n) is 8.67. The fourth-order valence-electron chi connectivity index (χ4n) is 3.97. The molecular weight excluding hydrogens is 352 g/mol. The van der Waals surface area contributed by atoms with E-state index in [0.717, 1.165) is 29.8 Å². The van der Waals surface area contributed by atoms with Crippen LogP contribution in [0.1, 0.15) is 29.2 Å². The van der Waals surface area contributed by atoms with E-state index in [0.29, 0.717) is 29.2 Å². The van der Waals surface area contributed by atoms with Crippen molar-refractivity contribution in [1.29, 1.82) is 0 Å². The van der Waals surface area contributed by atoms with E-state index in [9.17, 15) is 10.2 Å². The molecule has 1 unspecified atom stereocenters. The van der Waals surface area contributed by atoms with Crippen molar-refractivity contribution in [2.24, 2.45) is 0 Å². The molecule has 26 heavy (non-hydrogen) atoms. The molecule has 0 fully saturated rings. The molecule has 0 radical (unpaired) electrons. The lowest BCUT2D eigenvalue weighted by molar-refractivity contribution is 0.190. The minimum Gasteiger partial charge on any atom is -0.494 e. The summed E-state index contributed by atoms with van der Waals surface area (Å²) in [4.78, 5) is 2.68. The van der Waals surface area contributed by atoms with E-state index in [4.69, 9.17) is 16.3 Å². The van der Waals surface area contributed by atoms with Gasteiger partial charge in [-0.1, -0.05) is 29.8 Å². The zero-order valence-electron chi connectivity index (χ0n) is 14.5. The van der Waals surface area contributed by atoms with Crippen LogP contribution in [0, 0.1) is 0 Å². The van der Waals surface area contributed by atoms with Gasteiger partial charge in [0.2, 0.25) is 0 Å². The average Bonchev–Trinajstić information content (AvgIpc) is 3.16. The van der Waals surface area contributed by atoms with Crippen LogP contribution in [0.4, 0.5) is 0 Å². The number of aromatic nitrogens is 2. The summed E-state index contributed by atoms with van der Waals surface area (Å²) in [5.41, 5.74) is 4.40. The fraction of sp³-hybridized carbons (Fsp3) is 0.300. The Morgan fingerprint density at radius 1 is 1.23 bits per heavy atom. The number of fused-ring (bicyclic) bond motifs is 3. The summed E-state index contributed by atoms with van der Waals surface area (Å²) in [5, 5.41) is 21.5. The monoisotopic (exact) mass is 372 g/mol. The van der Waals surface area contributed by atoms with Gasteiger partial charge >= 0.3 is 0 Å². The predicted molar refractivity (Wildman–Crippen MR) is 101 cm³/mol. The van der Waals surface area contributed by atoms with Gasteiger partial charge in [-0.2, -0.15) is 0 Å². The van der Waals surface area contributed by atoms with Gasteiger partial charge in [-0.3, -0.25) is 4.98 Å². The lowest BCUT2D eigenvalue weighted by Crippen LogP contribution is -2.15. The van der Waals surface area contributed by atoms with Gasteiger partial charge in [0.1, 0.15) is 0 Å². The van der Waals surface area contributed by atoms with Crippen LogP contribution in [0.2, 0.25) is 5.02 Å². The third-order valence-corrected chi connectivity index (χ3v) is 5.46. The number of methoxy groups -OCH3 is 1. The summed E-state index contributed by atoms with van der Waals surface area (Å²) in [5.74, 6) is -0.134. The van der Waals surface area contributed by atoms with Gasteiger partial charge in [0, 0.05) is 54.2 Å². The Balaban J connectivity index is 1.84. The van der Waals surface area contributed by atoms with E-state index in [1.807, 2.05) is 36.5 Å². The van der Waals surface area contributed by atoms with Gasteiger partial charge in [-0.25, -0.2) is 0 Å². The predicted octanol–water partition coefficient (Wildman–Crippen LogP) is 4.27. The highest BCUT2D eigenvalue weighted by molar-refractivity contribution is 6.31. The number of hydrogen-bond donors (Lipinski definition) is 3. The van der Waals surface area contributed by atoms with Crippen LogP contribution in [0.5, 0.6) is 11.8 Å². The van der Waals surface area contributed by atoms with E-state index >= 15 is 0 Å². The Kier molecular flexibility index (Phi) is 4.42. The van der Waals surface area contributed by atoms with Crippen molar-refractivity contribution in [1.82, 2.24) is 9.55 Å². The zero-order valence-corrected chi connectivity index (χ0v) is 15.3. The van der Waals surface area contributed by atoms with Crippen molar-refractivity contribution in [3.05, 3.63) is 58.4 Å². The van der Waals surface area contributed by atoms with Crippen LogP contribution in [0.25, 0.3) is 11.1 Å². The molecule has 0 saturated carbocycles. The van der Waals surface area contributed by atoms with Crippen molar-refractivity contribution in [2.45, 2.75) is 25.3 Å². The van der Waals surface area contributed by atoms with Gasteiger partial charge in [0.25, 0.3) is 0 Å². The molecule has 1 aromatic carbocycles. The van der Waals surface area contributed by atoms with Crippen molar-refractivity contribution in [2.75, 3.05) is 13.7 Å². The average molecular weight is 373 g/mol. The molecule has 1 aliphatic rings. The number of aryl methyl sites for hydroxylation is 1. The summed E-state index contributed by atoms with van der Waals surface area (Å²) in [6.45, 7) is 1.53. The molecular formula is C20H21ClN2O3. The van der Waals surface area contributed by atoms with E-state index in [1.54, 1.807) is 7.11 Å². The number of nitrogens with one attached hydrogen (secondary N) is 1. The van der Waals surface area contributed by atoms with E-state index in [1.165, 1.54) is 0 Å². The second kappa shape index (κ2) is 6.74. The first-order chi connectivity index (χ1) is 12.6. The van der Waals surface area contributed by atoms with Crippen LogP contribution in [-0.4, -0.2) is 33.5 Å². The minimum atomic E-state index is -0.126. The maximum atomic E-state index is 10.4. The molecule has 2 heterocycles. The topological polar surface area (TPSA) is 70.4 Å². The van der Waals surface area contributed by atoms with Gasteiger partial charge in [0.05, 0.1) is 5.56 Å². The second-order valence-electron chi connectivity index (χ2n) is 6.60. The van der Waals surface area contributed by atoms with Gasteiger partial charge in [0.15, 0.2) is 11.8 Å². The number of rotatable bonds is 5. The molecule has 3 aromatic rings. The molecule has 0 amide bonds. The zero-order chi connectivity index (χ0) is 18.3. The van der Waals surface area contributed by atoms with Crippen molar-refractivity contribution < 1.29 is 14.9 Å². The largest absolute Gasteiger partial charge is 0.494 e. The lowest BCUT2D eigenvalue weighted by atomic mass is 9.79. The molecule has 3 N–H and O–H groups in total. The number of aromatic amines is 1. The third-order valence-electron chi connectivity index (χ3n) is 5.12. The van der Waals surface area contributed by atoms with Gasteiger partial charge in [-0.05, 0) is 30.5 Å². The first kappa shape index (κ1) is 17.1. The Morgan fingerprint density at radius 3 is 2.81 bits per heavy atom. The molecule has 6 heteroatoms. The highest BCUT2D eigenvalue weighted by atomic mass is 35.5. The van der Waals surface area contributed by atoms with Crippen LogP contribution >= 0.6 is 11.6 Å². The standard InChI is InChI=1S/C20H21ClN2O3/c1-26-10-4-8-23-9-7-13-16(23)11-14(12-5-2-3-6-15(12)21)18-17(13)19(24)22-20(18)25/h2-3,5-7,9,14,22,24-25H,4,8,10-11H2,1H3. The number of ether oxygens (including phenoxy) is 1. The summed E-state index contributed by atoms with van der Waals surface area (Å²) < 4.78 is 7.36. The maximum absolute atomic E-state index is 10.4. The highest BCUT2D eigenvalue weighted by Gasteiger charge is 2.35. The number of H-pyrrole nitrogens is 1. The number of halogens is 1. The molecule has 1 aliphatic carbocycles. The quantitative estimate of drug-likeness (QED) is 0.586. The Bertz CT molecular complexity index is 945. The molecule has 0 spiro atoms. The molecule has 0 aliphatic heterocycles. The molecule has 0 bridgehead atoms. The van der Waals surface area contributed by atoms with Crippen LogP contribution < -0.4 is 0 Å². The summed E-state index contributed by atoms with van der Waals surface area (Å²) in [7, 11) is 1.70. The van der Waals surface area contributed by atoms with Gasteiger partial charge < -0.3 is 19.5 Å². The molecule has 4 rings (SSSR count). The van der Waals surface area contributed by atoms with E-state index in [2.05, 4.69) is 9.55 Å². The normalized spacial score (nSPS) is 15.7. The van der Waals surface area contributed by atoms with Crippen molar-refractivity contribution in [3.63, 3.8) is 0 Å². The minimum absolute atomic E-state index is 0.000188. The van der Waals surface area contributed by atoms with Crippen LogP contribution in [-0.2, 0) is 17.7 Å². The third kappa shape index (κ3) is 2.68. The highest BCUT2D eigenvalue weighted by Crippen LogP contribution is 2.51. The number of aromatic hydroxyl groups is 2. The number of hydrogen-bond acceptors (Lipinski definition) is 3. The lowest BCUT2D eigenvalue weighted by Gasteiger charge is -2.26. The Hall–Kier alpha value is -2.37. The fourth-order valence-corrected chi connectivity index (χ4v) is 4.23. The number of benzene rings is 1. The van der Waals surface area contributed by atoms with E-state index < -0.39 is 0 Å².